The van der Waals surface area contributed by atoms with Crippen LogP contribution in [0.5, 0.6) is 0 Å². The molecule has 0 spiro atoms. The lowest BCUT2D eigenvalue weighted by molar-refractivity contribution is -0.138. The lowest BCUT2D eigenvalue weighted by Crippen LogP contribution is -2.46. The van der Waals surface area contributed by atoms with Crippen LogP contribution in [0.2, 0.25) is 0 Å². The normalized spacial score (nSPS) is 19.2. The second-order valence-corrected chi connectivity index (χ2v) is 4.98. The summed E-state index contributed by atoms with van der Waals surface area (Å²) in [6.07, 6.45) is 3.75. The summed E-state index contributed by atoms with van der Waals surface area (Å²) in [5, 5.41) is 11.7. The lowest BCUT2D eigenvalue weighted by Gasteiger charge is -2.32. The molecule has 1 aliphatic rings. The molecule has 1 heterocycles. The minimum absolute atomic E-state index is 0.0764. The molecule has 1 rings (SSSR count). The van der Waals surface area contributed by atoms with Gasteiger partial charge in [0.05, 0.1) is 0 Å². The Hall–Kier alpha value is -1.30. The number of methoxy groups -OCH3 is 1. The summed E-state index contributed by atoms with van der Waals surface area (Å²) in [6, 6.07) is -0.0764. The molecule has 0 aromatic carbocycles. The van der Waals surface area contributed by atoms with Gasteiger partial charge >= 0.3 is 12.0 Å². The van der Waals surface area contributed by atoms with E-state index in [9.17, 15) is 9.59 Å². The number of hydrogen-bond donors (Lipinski definition) is 2. The van der Waals surface area contributed by atoms with Gasteiger partial charge in [0, 0.05) is 39.8 Å². The van der Waals surface area contributed by atoms with Crippen molar-refractivity contribution in [1.29, 1.82) is 0 Å². The fourth-order valence-electron chi connectivity index (χ4n) is 2.34. The van der Waals surface area contributed by atoms with Crippen molar-refractivity contribution in [1.82, 2.24) is 10.2 Å². The number of piperidine rings is 1. The first-order valence-electron chi connectivity index (χ1n) is 6.87. The molecule has 1 aliphatic heterocycles. The van der Waals surface area contributed by atoms with Crippen LogP contribution in [0.25, 0.3) is 0 Å². The van der Waals surface area contributed by atoms with Gasteiger partial charge in [-0.05, 0) is 31.6 Å². The molecule has 1 atom stereocenters. The van der Waals surface area contributed by atoms with Crippen LogP contribution < -0.4 is 5.32 Å². The van der Waals surface area contributed by atoms with E-state index >= 15 is 0 Å². The molecule has 0 aromatic heterocycles. The van der Waals surface area contributed by atoms with Crippen LogP contribution in [0.4, 0.5) is 4.79 Å². The van der Waals surface area contributed by atoms with Gasteiger partial charge in [0.15, 0.2) is 0 Å². The zero-order chi connectivity index (χ0) is 14.1. The number of nitrogens with one attached hydrogen (secondary N) is 1. The number of aliphatic carboxylic acids is 1. The van der Waals surface area contributed by atoms with E-state index in [1.165, 1.54) is 0 Å². The maximum atomic E-state index is 11.9. The van der Waals surface area contributed by atoms with Crippen LogP contribution >= 0.6 is 0 Å². The Bertz CT molecular complexity index is 296. The molecule has 6 heteroatoms. The molecule has 0 aromatic rings. The fourth-order valence-corrected chi connectivity index (χ4v) is 2.34. The number of carboxylic acid groups (broad SMARTS) is 1. The Labute approximate surface area is 114 Å². The number of likely N-dealkylation sites (tertiary alicyclic amines) is 1. The molecule has 0 saturated carbocycles. The number of carboxylic acids is 1. The van der Waals surface area contributed by atoms with Crippen molar-refractivity contribution in [2.45, 2.75) is 32.1 Å². The van der Waals surface area contributed by atoms with Crippen LogP contribution in [0, 0.1) is 5.92 Å². The molecule has 6 nitrogen and oxygen atoms in total. The molecule has 1 unspecified atom stereocenters. The third kappa shape index (κ3) is 6.42. The van der Waals surface area contributed by atoms with E-state index in [1.807, 2.05) is 0 Å². The van der Waals surface area contributed by atoms with Gasteiger partial charge in [-0.2, -0.15) is 0 Å². The van der Waals surface area contributed by atoms with E-state index in [1.54, 1.807) is 12.0 Å². The third-order valence-electron chi connectivity index (χ3n) is 3.32. The summed E-state index contributed by atoms with van der Waals surface area (Å²) < 4.78 is 4.94. The molecule has 1 saturated heterocycles. The predicted octanol–water partition coefficient (Wildman–Crippen LogP) is 1.31. The standard InChI is InChI=1S/C13H24N2O4/c1-19-8-3-2-6-14-13(18)15-7-4-5-11(10-15)9-12(16)17/h11H,2-10H2,1H3,(H,14,18)(H,16,17). The minimum Gasteiger partial charge on any atom is -0.481 e. The number of carbonyl (C=O) groups is 2. The van der Waals surface area contributed by atoms with E-state index in [0.717, 1.165) is 32.2 Å². The van der Waals surface area contributed by atoms with E-state index in [2.05, 4.69) is 5.32 Å². The largest absolute Gasteiger partial charge is 0.481 e. The lowest BCUT2D eigenvalue weighted by atomic mass is 9.95. The highest BCUT2D eigenvalue weighted by atomic mass is 16.5. The van der Waals surface area contributed by atoms with Gasteiger partial charge in [-0.1, -0.05) is 0 Å². The summed E-state index contributed by atoms with van der Waals surface area (Å²) in [6.45, 7) is 2.62. The van der Waals surface area contributed by atoms with Crippen molar-refractivity contribution in [2.75, 3.05) is 33.4 Å². The van der Waals surface area contributed by atoms with Gasteiger partial charge in [0.2, 0.25) is 0 Å². The number of rotatable bonds is 7. The summed E-state index contributed by atoms with van der Waals surface area (Å²) in [5.74, 6) is -0.697. The Morgan fingerprint density at radius 1 is 1.42 bits per heavy atom. The monoisotopic (exact) mass is 272 g/mol. The van der Waals surface area contributed by atoms with Gasteiger partial charge in [-0.15, -0.1) is 0 Å². The van der Waals surface area contributed by atoms with Crippen LogP contribution in [0.1, 0.15) is 32.1 Å². The predicted molar refractivity (Wildman–Crippen MR) is 71.1 cm³/mol. The second-order valence-electron chi connectivity index (χ2n) is 4.98. The number of carbonyl (C=O) groups excluding carboxylic acids is 1. The maximum Gasteiger partial charge on any atom is 0.317 e. The van der Waals surface area contributed by atoms with E-state index in [-0.39, 0.29) is 18.4 Å². The average Bonchev–Trinajstić information content (AvgIpc) is 2.38. The molecule has 0 aliphatic carbocycles. The highest BCUT2D eigenvalue weighted by Crippen LogP contribution is 2.19. The molecule has 19 heavy (non-hydrogen) atoms. The summed E-state index contributed by atoms with van der Waals surface area (Å²) >= 11 is 0. The molecule has 110 valence electrons. The zero-order valence-corrected chi connectivity index (χ0v) is 11.6. The van der Waals surface area contributed by atoms with Gasteiger partial charge in [-0.25, -0.2) is 4.79 Å². The maximum absolute atomic E-state index is 11.9. The van der Waals surface area contributed by atoms with Crippen LogP contribution in [-0.2, 0) is 9.53 Å². The number of hydrogen-bond acceptors (Lipinski definition) is 3. The van der Waals surface area contributed by atoms with Crippen molar-refractivity contribution in [3.63, 3.8) is 0 Å². The second kappa shape index (κ2) is 8.74. The molecule has 0 bridgehead atoms. The molecule has 2 amide bonds. The number of ether oxygens (including phenoxy) is 1. The van der Waals surface area contributed by atoms with Gasteiger partial charge in [0.25, 0.3) is 0 Å². The smallest absolute Gasteiger partial charge is 0.317 e. The van der Waals surface area contributed by atoms with Crippen LogP contribution in [-0.4, -0.2) is 55.4 Å². The summed E-state index contributed by atoms with van der Waals surface area (Å²) in [4.78, 5) is 24.3. The molecular weight excluding hydrogens is 248 g/mol. The highest BCUT2D eigenvalue weighted by Gasteiger charge is 2.24. The first kappa shape index (κ1) is 15.8. The molecule has 0 radical (unpaired) electrons. The van der Waals surface area contributed by atoms with Crippen molar-refractivity contribution >= 4 is 12.0 Å². The van der Waals surface area contributed by atoms with E-state index in [0.29, 0.717) is 19.7 Å². The number of nitrogens with zero attached hydrogens (tertiary/aromatic N) is 1. The Morgan fingerprint density at radius 3 is 2.89 bits per heavy atom. The molecule has 2 N–H and O–H groups in total. The Balaban J connectivity index is 2.22. The van der Waals surface area contributed by atoms with E-state index in [4.69, 9.17) is 9.84 Å². The third-order valence-corrected chi connectivity index (χ3v) is 3.32. The Morgan fingerprint density at radius 2 is 2.21 bits per heavy atom. The van der Waals surface area contributed by atoms with Crippen LogP contribution in [0.15, 0.2) is 0 Å². The zero-order valence-electron chi connectivity index (χ0n) is 11.6. The first-order valence-corrected chi connectivity index (χ1v) is 6.87. The minimum atomic E-state index is -0.785. The van der Waals surface area contributed by atoms with Crippen molar-refractivity contribution in [2.24, 2.45) is 5.92 Å². The quantitative estimate of drug-likeness (QED) is 0.685. The fraction of sp³-hybridized carbons (Fsp3) is 0.846. The number of urea groups is 1. The highest BCUT2D eigenvalue weighted by molar-refractivity contribution is 5.74. The van der Waals surface area contributed by atoms with Crippen molar-refractivity contribution < 1.29 is 19.4 Å². The SMILES string of the molecule is COCCCCNC(=O)N1CCCC(CC(=O)O)C1. The van der Waals surface area contributed by atoms with Gasteiger partial charge in [0.1, 0.15) is 0 Å². The van der Waals surface area contributed by atoms with Crippen molar-refractivity contribution in [3.8, 4) is 0 Å². The van der Waals surface area contributed by atoms with Gasteiger partial charge < -0.3 is 20.1 Å². The molecule has 1 fully saturated rings. The Kier molecular flexibility index (Phi) is 7.25. The first-order chi connectivity index (χ1) is 9.13. The summed E-state index contributed by atoms with van der Waals surface area (Å²) in [7, 11) is 1.66. The van der Waals surface area contributed by atoms with Gasteiger partial charge in [-0.3, -0.25) is 4.79 Å². The number of unbranched alkanes of at least 4 members (excludes halogenated alkanes) is 1. The van der Waals surface area contributed by atoms with Crippen LogP contribution in [0.3, 0.4) is 0 Å². The molecular formula is C13H24N2O4. The van der Waals surface area contributed by atoms with Crippen molar-refractivity contribution in [3.05, 3.63) is 0 Å². The average molecular weight is 272 g/mol. The number of amides is 2. The summed E-state index contributed by atoms with van der Waals surface area (Å²) in [5.41, 5.74) is 0. The van der Waals surface area contributed by atoms with E-state index < -0.39 is 5.97 Å². The topological polar surface area (TPSA) is 78.9 Å².